The Balaban J connectivity index is 1.46. The molecule has 0 saturated carbocycles. The molecule has 2 aromatic carbocycles. The van der Waals surface area contributed by atoms with Crippen LogP contribution in [0.1, 0.15) is 35.4 Å². The Morgan fingerprint density at radius 2 is 1.71 bits per heavy atom. The van der Waals surface area contributed by atoms with Crippen molar-refractivity contribution in [2.24, 2.45) is 5.92 Å². The summed E-state index contributed by atoms with van der Waals surface area (Å²) in [7, 11) is 0. The number of aryl methyl sites for hydroxylation is 4. The Kier molecular flexibility index (Phi) is 5.77. The van der Waals surface area contributed by atoms with Crippen LogP contribution in [0.3, 0.4) is 0 Å². The van der Waals surface area contributed by atoms with E-state index in [1.807, 2.05) is 74.0 Å². The minimum Gasteiger partial charge on any atom is -0.352 e. The molecule has 5 rings (SSSR count). The van der Waals surface area contributed by atoms with Crippen LogP contribution in [0.5, 0.6) is 0 Å². The number of para-hydroxylation sites is 2. The number of piperidine rings is 1. The molecule has 4 aromatic rings. The van der Waals surface area contributed by atoms with Gasteiger partial charge in [-0.25, -0.2) is 4.68 Å². The fraction of sp³-hybridized carbons (Fsp3) is 0.333. The summed E-state index contributed by atoms with van der Waals surface area (Å²) < 4.78 is 1.96. The summed E-state index contributed by atoms with van der Waals surface area (Å²) in [4.78, 5) is 15.4. The van der Waals surface area contributed by atoms with Crippen LogP contribution >= 0.6 is 0 Å². The summed E-state index contributed by atoms with van der Waals surface area (Å²) in [5, 5.41) is 18.2. The maximum Gasteiger partial charge on any atom is 0.229 e. The van der Waals surface area contributed by atoms with Gasteiger partial charge in [0.25, 0.3) is 0 Å². The maximum absolute atomic E-state index is 13.2. The van der Waals surface area contributed by atoms with E-state index in [-0.39, 0.29) is 11.8 Å². The number of carbonyl (C=O) groups is 1. The topological polar surface area (TPSA) is 75.9 Å². The van der Waals surface area contributed by atoms with Gasteiger partial charge in [-0.3, -0.25) is 4.79 Å². The third-order valence-electron chi connectivity index (χ3n) is 6.81. The molecule has 0 aliphatic carbocycles. The van der Waals surface area contributed by atoms with E-state index < -0.39 is 0 Å². The fourth-order valence-corrected chi connectivity index (χ4v) is 4.97. The van der Waals surface area contributed by atoms with Crippen LogP contribution in [0, 0.1) is 33.6 Å². The van der Waals surface area contributed by atoms with Crippen molar-refractivity contribution >= 4 is 28.3 Å². The van der Waals surface area contributed by atoms with Crippen molar-refractivity contribution in [2.45, 2.75) is 40.5 Å². The van der Waals surface area contributed by atoms with E-state index in [0.29, 0.717) is 6.54 Å². The minimum absolute atomic E-state index is 0.0596. The van der Waals surface area contributed by atoms with E-state index in [2.05, 4.69) is 27.3 Å². The number of rotatable bonds is 4. The van der Waals surface area contributed by atoms with Crippen molar-refractivity contribution in [3.8, 4) is 5.69 Å². The zero-order valence-corrected chi connectivity index (χ0v) is 20.2. The van der Waals surface area contributed by atoms with Crippen LogP contribution < -0.4 is 10.2 Å². The summed E-state index contributed by atoms with van der Waals surface area (Å²) in [5.74, 6) is 0.690. The summed E-state index contributed by atoms with van der Waals surface area (Å²) >= 11 is 0. The maximum atomic E-state index is 13.2. The number of nitrogens with zero attached hydrogens (tertiary/aromatic N) is 5. The first-order valence-electron chi connectivity index (χ1n) is 11.8. The molecule has 1 aliphatic rings. The van der Waals surface area contributed by atoms with Crippen LogP contribution in [-0.4, -0.2) is 39.0 Å². The number of nitrogens with one attached hydrogen (secondary N) is 1. The first kappa shape index (κ1) is 22.1. The van der Waals surface area contributed by atoms with Gasteiger partial charge in [-0.1, -0.05) is 36.4 Å². The predicted octanol–water partition coefficient (Wildman–Crippen LogP) is 4.90. The molecule has 3 heterocycles. The van der Waals surface area contributed by atoms with E-state index in [1.54, 1.807) is 0 Å². The highest BCUT2D eigenvalue weighted by Crippen LogP contribution is 2.32. The van der Waals surface area contributed by atoms with Crippen molar-refractivity contribution < 1.29 is 4.79 Å². The van der Waals surface area contributed by atoms with Gasteiger partial charge in [0, 0.05) is 18.8 Å². The first-order chi connectivity index (χ1) is 16.4. The number of amides is 1. The standard InChI is InChI=1S/C27H30N6O/c1-17-10-8-11-18(2)24(17)28-27(34)21-12-9-15-32(16-21)26-25-23(19(3)29-30-26)20(4)33(31-25)22-13-6-5-7-14-22/h5-8,10-11,13-14,21H,9,12,15-16H2,1-4H3,(H,28,34)/t21-/m1/s1. The smallest absolute Gasteiger partial charge is 0.229 e. The molecule has 174 valence electrons. The summed E-state index contributed by atoms with van der Waals surface area (Å²) in [6.07, 6.45) is 1.77. The van der Waals surface area contributed by atoms with E-state index >= 15 is 0 Å². The monoisotopic (exact) mass is 454 g/mol. The van der Waals surface area contributed by atoms with E-state index in [9.17, 15) is 4.79 Å². The number of anilines is 2. The highest BCUT2D eigenvalue weighted by atomic mass is 16.1. The van der Waals surface area contributed by atoms with Crippen molar-refractivity contribution in [1.29, 1.82) is 0 Å². The molecule has 0 radical (unpaired) electrons. The zero-order chi connectivity index (χ0) is 23.8. The Bertz CT molecular complexity index is 1340. The van der Waals surface area contributed by atoms with Crippen molar-refractivity contribution in [1.82, 2.24) is 20.0 Å². The molecule has 0 unspecified atom stereocenters. The van der Waals surface area contributed by atoms with Crippen molar-refractivity contribution in [3.63, 3.8) is 0 Å². The molecule has 34 heavy (non-hydrogen) atoms. The Morgan fingerprint density at radius 1 is 0.971 bits per heavy atom. The lowest BCUT2D eigenvalue weighted by Gasteiger charge is -2.32. The minimum atomic E-state index is -0.122. The second-order valence-corrected chi connectivity index (χ2v) is 9.21. The molecule has 1 atom stereocenters. The van der Waals surface area contributed by atoms with Crippen molar-refractivity contribution in [3.05, 3.63) is 71.0 Å². The summed E-state index contributed by atoms with van der Waals surface area (Å²) in [5.41, 5.74) is 6.81. The average molecular weight is 455 g/mol. The fourth-order valence-electron chi connectivity index (χ4n) is 4.97. The van der Waals surface area contributed by atoms with E-state index in [4.69, 9.17) is 5.10 Å². The van der Waals surface area contributed by atoms with Crippen LogP contribution in [0.25, 0.3) is 16.6 Å². The third kappa shape index (κ3) is 3.91. The molecule has 1 N–H and O–H groups in total. The van der Waals surface area contributed by atoms with Crippen LogP contribution in [-0.2, 0) is 4.79 Å². The third-order valence-corrected chi connectivity index (χ3v) is 6.81. The quantitative estimate of drug-likeness (QED) is 0.474. The van der Waals surface area contributed by atoms with Gasteiger partial charge in [0.15, 0.2) is 5.82 Å². The summed E-state index contributed by atoms with van der Waals surface area (Å²) in [6, 6.07) is 16.2. The summed E-state index contributed by atoms with van der Waals surface area (Å²) in [6.45, 7) is 9.52. The number of hydrogen-bond donors (Lipinski definition) is 1. The Morgan fingerprint density at radius 3 is 2.44 bits per heavy atom. The van der Waals surface area contributed by atoms with Gasteiger partial charge in [-0.05, 0) is 63.8 Å². The van der Waals surface area contributed by atoms with Gasteiger partial charge in [-0.2, -0.15) is 10.2 Å². The van der Waals surface area contributed by atoms with Gasteiger partial charge in [0.2, 0.25) is 5.91 Å². The molecule has 1 aliphatic heterocycles. The molecule has 0 bridgehead atoms. The molecule has 7 nitrogen and oxygen atoms in total. The molecule has 1 fully saturated rings. The molecular weight excluding hydrogens is 424 g/mol. The molecule has 0 spiro atoms. The second kappa shape index (κ2) is 8.89. The number of aromatic nitrogens is 4. The lowest BCUT2D eigenvalue weighted by Crippen LogP contribution is -2.41. The normalized spacial score (nSPS) is 16.1. The Labute approximate surface area is 199 Å². The van der Waals surface area contributed by atoms with Gasteiger partial charge >= 0.3 is 0 Å². The first-order valence-corrected chi connectivity index (χ1v) is 11.8. The largest absolute Gasteiger partial charge is 0.352 e. The van der Waals surface area contributed by atoms with Gasteiger partial charge in [-0.15, -0.1) is 5.10 Å². The molecule has 1 saturated heterocycles. The second-order valence-electron chi connectivity index (χ2n) is 9.21. The van der Waals surface area contributed by atoms with E-state index in [1.165, 1.54) is 0 Å². The molecular formula is C27H30N6O. The van der Waals surface area contributed by atoms with Crippen molar-refractivity contribution in [2.75, 3.05) is 23.3 Å². The Hall–Kier alpha value is -3.74. The highest BCUT2D eigenvalue weighted by molar-refractivity contribution is 5.95. The van der Waals surface area contributed by atoms with E-state index in [0.717, 1.165) is 70.0 Å². The SMILES string of the molecule is Cc1cccc(C)c1NC(=O)[C@@H]1CCCN(c2nnc(C)c3c(C)n(-c4ccccc4)nc23)C1. The lowest BCUT2D eigenvalue weighted by atomic mass is 9.96. The highest BCUT2D eigenvalue weighted by Gasteiger charge is 2.29. The number of benzene rings is 2. The molecule has 7 heteroatoms. The van der Waals surface area contributed by atoms with Gasteiger partial charge in [0.1, 0.15) is 5.52 Å². The van der Waals surface area contributed by atoms with Crippen LogP contribution in [0.4, 0.5) is 11.5 Å². The molecule has 2 aromatic heterocycles. The number of hydrogen-bond acceptors (Lipinski definition) is 5. The number of fused-ring (bicyclic) bond motifs is 1. The van der Waals surface area contributed by atoms with Gasteiger partial charge < -0.3 is 10.2 Å². The van der Waals surface area contributed by atoms with Crippen LogP contribution in [0.15, 0.2) is 48.5 Å². The zero-order valence-electron chi connectivity index (χ0n) is 20.2. The lowest BCUT2D eigenvalue weighted by molar-refractivity contribution is -0.120. The average Bonchev–Trinajstić information content (AvgIpc) is 3.20. The van der Waals surface area contributed by atoms with Crippen LogP contribution in [0.2, 0.25) is 0 Å². The molecule has 1 amide bonds. The predicted molar refractivity (Wildman–Crippen MR) is 136 cm³/mol. The number of carbonyl (C=O) groups excluding carboxylic acids is 1. The van der Waals surface area contributed by atoms with Gasteiger partial charge in [0.05, 0.1) is 28.4 Å².